The minimum absolute atomic E-state index is 0.193. The second kappa shape index (κ2) is 9.68. The molecular formula is C20H26N2O4. The van der Waals surface area contributed by atoms with Gasteiger partial charge in [-0.15, -0.1) is 0 Å². The zero-order chi connectivity index (χ0) is 18.9. The number of hydrogen-bond donors (Lipinski definition) is 2. The molecule has 6 heteroatoms. The molecule has 0 unspecified atom stereocenters. The molecule has 2 aromatic carbocycles. The molecule has 2 aromatic rings. The molecule has 0 aromatic heterocycles. The highest BCUT2D eigenvalue weighted by atomic mass is 16.5. The molecule has 0 radical (unpaired) electrons. The Bertz CT molecular complexity index is 721. The summed E-state index contributed by atoms with van der Waals surface area (Å²) in [6.07, 6.45) is 0. The molecule has 2 rings (SSSR count). The monoisotopic (exact) mass is 358 g/mol. The zero-order valence-corrected chi connectivity index (χ0v) is 15.7. The average molecular weight is 358 g/mol. The first kappa shape index (κ1) is 19.6. The molecule has 0 saturated carbocycles. The van der Waals surface area contributed by atoms with E-state index < -0.39 is 0 Å². The van der Waals surface area contributed by atoms with Crippen LogP contribution in [-0.2, 0) is 6.54 Å². The van der Waals surface area contributed by atoms with Crippen molar-refractivity contribution in [1.29, 1.82) is 0 Å². The van der Waals surface area contributed by atoms with E-state index >= 15 is 0 Å². The van der Waals surface area contributed by atoms with Crippen LogP contribution in [0.15, 0.2) is 36.4 Å². The topological polar surface area (TPSA) is 68.8 Å². The Labute approximate surface area is 154 Å². The summed E-state index contributed by atoms with van der Waals surface area (Å²) in [5.74, 6) is 1.18. The van der Waals surface area contributed by atoms with Crippen LogP contribution >= 0.6 is 0 Å². The predicted molar refractivity (Wildman–Crippen MR) is 101 cm³/mol. The molecule has 0 bridgehead atoms. The number of rotatable bonds is 9. The second-order valence-corrected chi connectivity index (χ2v) is 5.84. The van der Waals surface area contributed by atoms with E-state index in [2.05, 4.69) is 35.8 Å². The third-order valence-electron chi connectivity index (χ3n) is 3.93. The van der Waals surface area contributed by atoms with Gasteiger partial charge in [0.05, 0.1) is 21.3 Å². The lowest BCUT2D eigenvalue weighted by molar-refractivity contribution is 0.0953. The van der Waals surface area contributed by atoms with Gasteiger partial charge in [-0.2, -0.15) is 0 Å². The number of nitrogens with one attached hydrogen (secondary N) is 2. The Hall–Kier alpha value is -2.73. The predicted octanol–water partition coefficient (Wildman–Crippen LogP) is 2.54. The number of carbonyl (C=O) groups excluding carboxylic acids is 1. The molecule has 0 spiro atoms. The van der Waals surface area contributed by atoms with Crippen molar-refractivity contribution in [3.63, 3.8) is 0 Å². The van der Waals surface area contributed by atoms with E-state index in [0.717, 1.165) is 6.54 Å². The summed E-state index contributed by atoms with van der Waals surface area (Å²) < 4.78 is 15.8. The van der Waals surface area contributed by atoms with E-state index in [-0.39, 0.29) is 5.91 Å². The van der Waals surface area contributed by atoms with Crippen molar-refractivity contribution in [2.45, 2.75) is 13.5 Å². The molecule has 0 heterocycles. The van der Waals surface area contributed by atoms with Gasteiger partial charge in [0.15, 0.2) is 11.5 Å². The van der Waals surface area contributed by atoms with Crippen molar-refractivity contribution in [2.24, 2.45) is 0 Å². The molecule has 0 fully saturated rings. The molecular weight excluding hydrogens is 332 g/mol. The Kier molecular flexibility index (Phi) is 7.29. The van der Waals surface area contributed by atoms with Crippen LogP contribution in [0.2, 0.25) is 0 Å². The maximum atomic E-state index is 12.4. The summed E-state index contributed by atoms with van der Waals surface area (Å²) in [4.78, 5) is 12.4. The first-order valence-corrected chi connectivity index (χ1v) is 8.43. The van der Waals surface area contributed by atoms with Crippen LogP contribution in [0.1, 0.15) is 21.5 Å². The largest absolute Gasteiger partial charge is 0.493 e. The van der Waals surface area contributed by atoms with Gasteiger partial charge in [0.1, 0.15) is 0 Å². The Morgan fingerprint density at radius 3 is 2.23 bits per heavy atom. The molecule has 0 aliphatic rings. The van der Waals surface area contributed by atoms with Crippen molar-refractivity contribution in [3.8, 4) is 17.2 Å². The molecule has 26 heavy (non-hydrogen) atoms. The first-order valence-electron chi connectivity index (χ1n) is 8.43. The highest BCUT2D eigenvalue weighted by Crippen LogP contribution is 2.38. The van der Waals surface area contributed by atoms with Crippen LogP contribution in [-0.4, -0.2) is 40.3 Å². The summed E-state index contributed by atoms with van der Waals surface area (Å²) >= 11 is 0. The third kappa shape index (κ3) is 5.13. The Morgan fingerprint density at radius 1 is 0.962 bits per heavy atom. The number of benzene rings is 2. The number of ether oxygens (including phenoxy) is 3. The lowest BCUT2D eigenvalue weighted by Crippen LogP contribution is -2.31. The minimum atomic E-state index is -0.193. The summed E-state index contributed by atoms with van der Waals surface area (Å²) in [6.45, 7) is 4.02. The molecule has 0 aliphatic heterocycles. The minimum Gasteiger partial charge on any atom is -0.493 e. The van der Waals surface area contributed by atoms with Gasteiger partial charge in [-0.3, -0.25) is 4.79 Å². The second-order valence-electron chi connectivity index (χ2n) is 5.84. The van der Waals surface area contributed by atoms with Crippen molar-refractivity contribution < 1.29 is 19.0 Å². The van der Waals surface area contributed by atoms with Crippen molar-refractivity contribution >= 4 is 5.91 Å². The lowest BCUT2D eigenvalue weighted by Gasteiger charge is -2.14. The maximum absolute atomic E-state index is 12.4. The molecule has 0 saturated heterocycles. The lowest BCUT2D eigenvalue weighted by atomic mass is 10.1. The van der Waals surface area contributed by atoms with Gasteiger partial charge in [-0.25, -0.2) is 0 Å². The molecule has 0 atom stereocenters. The normalized spacial score (nSPS) is 10.3. The summed E-state index contributed by atoms with van der Waals surface area (Å²) in [5, 5.41) is 6.20. The average Bonchev–Trinajstić information content (AvgIpc) is 2.66. The number of amides is 1. The summed E-state index contributed by atoms with van der Waals surface area (Å²) in [6, 6.07) is 11.6. The molecule has 140 valence electrons. The third-order valence-corrected chi connectivity index (χ3v) is 3.93. The van der Waals surface area contributed by atoms with Crippen LogP contribution in [0, 0.1) is 6.92 Å². The summed E-state index contributed by atoms with van der Waals surface area (Å²) in [7, 11) is 4.57. The van der Waals surface area contributed by atoms with Crippen LogP contribution < -0.4 is 24.8 Å². The van der Waals surface area contributed by atoms with Crippen LogP contribution in [0.3, 0.4) is 0 Å². The molecule has 0 aliphatic carbocycles. The molecule has 1 amide bonds. The fourth-order valence-electron chi connectivity index (χ4n) is 2.63. The van der Waals surface area contributed by atoms with Crippen LogP contribution in [0.4, 0.5) is 0 Å². The number of carbonyl (C=O) groups is 1. The SMILES string of the molecule is COc1cc(C(=O)NCCNCc2cccc(C)c2)cc(OC)c1OC. The maximum Gasteiger partial charge on any atom is 0.251 e. The van der Waals surface area contributed by atoms with Gasteiger partial charge in [0, 0.05) is 25.2 Å². The van der Waals surface area contributed by atoms with E-state index in [1.807, 2.05) is 6.07 Å². The van der Waals surface area contributed by atoms with Crippen molar-refractivity contribution in [1.82, 2.24) is 10.6 Å². The summed E-state index contributed by atoms with van der Waals surface area (Å²) in [5.41, 5.74) is 2.92. The Morgan fingerprint density at radius 2 is 1.65 bits per heavy atom. The van der Waals surface area contributed by atoms with Gasteiger partial charge in [0.2, 0.25) is 5.75 Å². The standard InChI is InChI=1S/C20H26N2O4/c1-14-6-5-7-15(10-14)13-21-8-9-22-20(23)16-11-17(24-2)19(26-4)18(12-16)25-3/h5-7,10-12,21H,8-9,13H2,1-4H3,(H,22,23). The number of hydrogen-bond acceptors (Lipinski definition) is 5. The fourth-order valence-corrected chi connectivity index (χ4v) is 2.63. The van der Waals surface area contributed by atoms with Gasteiger partial charge in [0.25, 0.3) is 5.91 Å². The fraction of sp³-hybridized carbons (Fsp3) is 0.350. The Balaban J connectivity index is 1.87. The van der Waals surface area contributed by atoms with E-state index in [4.69, 9.17) is 14.2 Å². The quantitative estimate of drug-likeness (QED) is 0.674. The van der Waals surface area contributed by atoms with Gasteiger partial charge in [-0.05, 0) is 24.6 Å². The zero-order valence-electron chi connectivity index (χ0n) is 15.7. The number of aryl methyl sites for hydroxylation is 1. The highest BCUT2D eigenvalue weighted by molar-refractivity contribution is 5.95. The highest BCUT2D eigenvalue weighted by Gasteiger charge is 2.16. The van der Waals surface area contributed by atoms with Gasteiger partial charge < -0.3 is 24.8 Å². The molecule has 6 nitrogen and oxygen atoms in total. The number of methoxy groups -OCH3 is 3. The molecule has 2 N–H and O–H groups in total. The first-order chi connectivity index (χ1) is 12.6. The van der Waals surface area contributed by atoms with Crippen LogP contribution in [0.25, 0.3) is 0 Å². The van der Waals surface area contributed by atoms with Crippen LogP contribution in [0.5, 0.6) is 17.2 Å². The van der Waals surface area contributed by atoms with Gasteiger partial charge >= 0.3 is 0 Å². The van der Waals surface area contributed by atoms with E-state index in [9.17, 15) is 4.79 Å². The van der Waals surface area contributed by atoms with Crippen molar-refractivity contribution in [2.75, 3.05) is 34.4 Å². The van der Waals surface area contributed by atoms with E-state index in [0.29, 0.717) is 35.9 Å². The smallest absolute Gasteiger partial charge is 0.251 e. The van der Waals surface area contributed by atoms with Gasteiger partial charge in [-0.1, -0.05) is 29.8 Å². The van der Waals surface area contributed by atoms with E-state index in [1.165, 1.54) is 32.5 Å². The van der Waals surface area contributed by atoms with Crippen molar-refractivity contribution in [3.05, 3.63) is 53.1 Å². The van der Waals surface area contributed by atoms with E-state index in [1.54, 1.807) is 12.1 Å².